The third-order valence-electron chi connectivity index (χ3n) is 2.87. The van der Waals surface area contributed by atoms with Crippen molar-refractivity contribution >= 4 is 5.82 Å². The first kappa shape index (κ1) is 12.4. The Hall–Kier alpha value is -2.03. The average molecular weight is 242 g/mol. The fourth-order valence-electron chi connectivity index (χ4n) is 1.68. The predicted molar refractivity (Wildman–Crippen MR) is 73.5 cm³/mol. The minimum atomic E-state index is 0.445. The van der Waals surface area contributed by atoms with Crippen molar-refractivity contribution in [2.45, 2.75) is 26.4 Å². The molecule has 0 aliphatic rings. The van der Waals surface area contributed by atoms with Gasteiger partial charge >= 0.3 is 0 Å². The van der Waals surface area contributed by atoms with Crippen LogP contribution in [0.5, 0.6) is 5.75 Å². The van der Waals surface area contributed by atoms with Gasteiger partial charge in [0.05, 0.1) is 0 Å². The third-order valence-corrected chi connectivity index (χ3v) is 2.87. The van der Waals surface area contributed by atoms with Crippen LogP contribution >= 0.6 is 0 Å². The minimum Gasteiger partial charge on any atom is -0.489 e. The summed E-state index contributed by atoms with van der Waals surface area (Å²) in [4.78, 5) is 4.03. The predicted octanol–water partition coefficient (Wildman–Crippen LogP) is 3.37. The summed E-state index contributed by atoms with van der Waals surface area (Å²) in [5.74, 6) is 1.91. The number of rotatable bonds is 4. The molecular formula is C15H18N2O. The number of ether oxygens (including phenoxy) is 1. The zero-order chi connectivity index (χ0) is 13.0. The molecule has 94 valence electrons. The third kappa shape index (κ3) is 3.00. The number of pyridine rings is 1. The molecule has 2 rings (SSSR count). The Kier molecular flexibility index (Phi) is 3.82. The molecule has 0 atom stereocenters. The van der Waals surface area contributed by atoms with Gasteiger partial charge in [0.1, 0.15) is 18.2 Å². The number of nitrogen functional groups attached to an aromatic ring is 1. The Balaban J connectivity index is 2.00. The lowest BCUT2D eigenvalue weighted by molar-refractivity contribution is 0.306. The molecule has 2 aromatic rings. The summed E-state index contributed by atoms with van der Waals surface area (Å²) in [6, 6.07) is 11.9. The summed E-state index contributed by atoms with van der Waals surface area (Å²) in [7, 11) is 0. The second-order valence-electron chi connectivity index (χ2n) is 4.56. The quantitative estimate of drug-likeness (QED) is 0.894. The van der Waals surface area contributed by atoms with Crippen LogP contribution in [0, 0.1) is 0 Å². The molecule has 0 unspecified atom stereocenters. The molecular weight excluding hydrogens is 224 g/mol. The van der Waals surface area contributed by atoms with E-state index in [-0.39, 0.29) is 0 Å². The zero-order valence-corrected chi connectivity index (χ0v) is 10.8. The molecule has 0 amide bonds. The maximum absolute atomic E-state index is 5.76. The van der Waals surface area contributed by atoms with Gasteiger partial charge in [0.2, 0.25) is 0 Å². The lowest BCUT2D eigenvalue weighted by atomic mass is 10.0. The van der Waals surface area contributed by atoms with Gasteiger partial charge in [-0.15, -0.1) is 0 Å². The number of nitrogens with two attached hydrogens (primary N) is 1. The molecule has 18 heavy (non-hydrogen) atoms. The summed E-state index contributed by atoms with van der Waals surface area (Å²) in [6.45, 7) is 4.79. The number of nitrogens with zero attached hydrogens (tertiary/aromatic N) is 1. The van der Waals surface area contributed by atoms with E-state index in [2.05, 4.69) is 31.0 Å². The number of benzene rings is 1. The zero-order valence-electron chi connectivity index (χ0n) is 10.8. The van der Waals surface area contributed by atoms with Gasteiger partial charge in [0.25, 0.3) is 0 Å². The maximum atomic E-state index is 5.76. The molecule has 1 aromatic carbocycles. The van der Waals surface area contributed by atoms with E-state index in [1.807, 2.05) is 24.3 Å². The van der Waals surface area contributed by atoms with Crippen LogP contribution in [0.2, 0.25) is 0 Å². The summed E-state index contributed by atoms with van der Waals surface area (Å²) >= 11 is 0. The molecule has 1 heterocycles. The van der Waals surface area contributed by atoms with Crippen LogP contribution in [0.3, 0.4) is 0 Å². The summed E-state index contributed by atoms with van der Waals surface area (Å²) in [5.41, 5.74) is 7.97. The van der Waals surface area contributed by atoms with Gasteiger partial charge in [-0.3, -0.25) is 0 Å². The van der Waals surface area contributed by atoms with Crippen molar-refractivity contribution in [3.63, 3.8) is 0 Å². The van der Waals surface area contributed by atoms with E-state index >= 15 is 0 Å². The fraction of sp³-hybridized carbons (Fsp3) is 0.267. The van der Waals surface area contributed by atoms with Crippen LogP contribution in [-0.4, -0.2) is 4.98 Å². The van der Waals surface area contributed by atoms with Crippen molar-refractivity contribution in [1.82, 2.24) is 4.98 Å². The van der Waals surface area contributed by atoms with E-state index in [1.165, 1.54) is 5.56 Å². The topological polar surface area (TPSA) is 48.1 Å². The molecule has 0 aliphatic carbocycles. The van der Waals surface area contributed by atoms with Crippen molar-refractivity contribution in [3.8, 4) is 5.75 Å². The molecule has 0 bridgehead atoms. The smallest absolute Gasteiger partial charge is 0.129 e. The Morgan fingerprint density at radius 1 is 1.17 bits per heavy atom. The second kappa shape index (κ2) is 5.54. The van der Waals surface area contributed by atoms with Crippen LogP contribution in [0.1, 0.15) is 30.9 Å². The van der Waals surface area contributed by atoms with Gasteiger partial charge in [0, 0.05) is 11.8 Å². The molecule has 0 aliphatic heterocycles. The van der Waals surface area contributed by atoms with E-state index in [9.17, 15) is 0 Å². The van der Waals surface area contributed by atoms with Gasteiger partial charge in [-0.2, -0.15) is 0 Å². The molecule has 1 aromatic heterocycles. The van der Waals surface area contributed by atoms with Crippen molar-refractivity contribution < 1.29 is 4.74 Å². The number of anilines is 1. The van der Waals surface area contributed by atoms with E-state index in [1.54, 1.807) is 6.20 Å². The van der Waals surface area contributed by atoms with Crippen LogP contribution < -0.4 is 10.5 Å². The van der Waals surface area contributed by atoms with Crippen molar-refractivity contribution in [3.05, 3.63) is 53.7 Å². The molecule has 0 radical (unpaired) electrons. The van der Waals surface area contributed by atoms with Gasteiger partial charge in [0.15, 0.2) is 0 Å². The van der Waals surface area contributed by atoms with Crippen LogP contribution in [0.25, 0.3) is 0 Å². The summed E-state index contributed by atoms with van der Waals surface area (Å²) in [5, 5.41) is 0. The highest BCUT2D eigenvalue weighted by Gasteiger charge is 2.02. The fourth-order valence-corrected chi connectivity index (χ4v) is 1.68. The lowest BCUT2D eigenvalue weighted by Gasteiger charge is -2.09. The monoisotopic (exact) mass is 242 g/mol. The van der Waals surface area contributed by atoms with Crippen molar-refractivity contribution in [2.75, 3.05) is 5.73 Å². The first-order valence-electron chi connectivity index (χ1n) is 6.09. The standard InChI is InChI=1S/C15H18N2O/c1-11(2)12-5-7-14(8-6-12)18-10-13-4-3-9-17-15(13)16/h3-9,11H,10H2,1-2H3,(H2,16,17). The minimum absolute atomic E-state index is 0.445. The molecule has 2 N–H and O–H groups in total. The van der Waals surface area contributed by atoms with Gasteiger partial charge < -0.3 is 10.5 Å². The molecule has 0 saturated heterocycles. The Morgan fingerprint density at radius 2 is 1.89 bits per heavy atom. The Labute approximate surface area is 108 Å². The van der Waals surface area contributed by atoms with Gasteiger partial charge in [-0.25, -0.2) is 4.98 Å². The first-order valence-corrected chi connectivity index (χ1v) is 6.09. The van der Waals surface area contributed by atoms with Crippen molar-refractivity contribution in [1.29, 1.82) is 0 Å². The highest BCUT2D eigenvalue weighted by Crippen LogP contribution is 2.20. The molecule has 3 heteroatoms. The number of hydrogen-bond acceptors (Lipinski definition) is 3. The van der Waals surface area contributed by atoms with Gasteiger partial charge in [-0.1, -0.05) is 32.0 Å². The normalized spacial score (nSPS) is 10.6. The van der Waals surface area contributed by atoms with Gasteiger partial charge in [-0.05, 0) is 29.7 Å². The van der Waals surface area contributed by atoms with Crippen LogP contribution in [0.15, 0.2) is 42.6 Å². The molecule has 0 fully saturated rings. The molecule has 0 spiro atoms. The average Bonchev–Trinajstić information content (AvgIpc) is 2.38. The molecule has 0 saturated carbocycles. The maximum Gasteiger partial charge on any atom is 0.129 e. The van der Waals surface area contributed by atoms with Crippen LogP contribution in [-0.2, 0) is 6.61 Å². The van der Waals surface area contributed by atoms with Crippen LogP contribution in [0.4, 0.5) is 5.82 Å². The first-order chi connectivity index (χ1) is 8.66. The summed E-state index contributed by atoms with van der Waals surface area (Å²) < 4.78 is 5.69. The second-order valence-corrected chi connectivity index (χ2v) is 4.56. The van der Waals surface area contributed by atoms with E-state index in [0.29, 0.717) is 18.3 Å². The van der Waals surface area contributed by atoms with E-state index < -0.39 is 0 Å². The number of aromatic nitrogens is 1. The lowest BCUT2D eigenvalue weighted by Crippen LogP contribution is -2.01. The SMILES string of the molecule is CC(C)c1ccc(OCc2cccnc2N)cc1. The highest BCUT2D eigenvalue weighted by molar-refractivity contribution is 5.38. The Bertz CT molecular complexity index is 506. The highest BCUT2D eigenvalue weighted by atomic mass is 16.5. The van der Waals surface area contributed by atoms with E-state index in [0.717, 1.165) is 11.3 Å². The van der Waals surface area contributed by atoms with E-state index in [4.69, 9.17) is 10.5 Å². The Morgan fingerprint density at radius 3 is 2.50 bits per heavy atom. The number of hydrogen-bond donors (Lipinski definition) is 1. The van der Waals surface area contributed by atoms with Crippen molar-refractivity contribution in [2.24, 2.45) is 0 Å². The largest absolute Gasteiger partial charge is 0.489 e. The summed E-state index contributed by atoms with van der Waals surface area (Å²) in [6.07, 6.45) is 1.68. The molecule has 3 nitrogen and oxygen atoms in total.